The summed E-state index contributed by atoms with van der Waals surface area (Å²) in [5, 5.41) is 9.60. The summed E-state index contributed by atoms with van der Waals surface area (Å²) < 4.78 is 5.37. The molecule has 19 heavy (non-hydrogen) atoms. The number of aliphatic hydroxyl groups excluding tert-OH is 1. The van der Waals surface area contributed by atoms with Crippen molar-refractivity contribution in [1.29, 1.82) is 0 Å². The minimum atomic E-state index is -0.555. The maximum atomic E-state index is 9.60. The lowest BCUT2D eigenvalue weighted by Gasteiger charge is -2.12. The van der Waals surface area contributed by atoms with Crippen molar-refractivity contribution in [1.82, 2.24) is 4.98 Å². The molecule has 1 aromatic heterocycles. The number of hydrogen-bond donors (Lipinski definition) is 1. The van der Waals surface area contributed by atoms with Crippen LogP contribution in [-0.2, 0) is 0 Å². The molecule has 1 atom stereocenters. The number of aliphatic hydroxyl groups is 1. The summed E-state index contributed by atoms with van der Waals surface area (Å²) in [6, 6.07) is 9.81. The van der Waals surface area contributed by atoms with E-state index in [2.05, 4.69) is 17.1 Å². The quantitative estimate of drug-likeness (QED) is 0.916. The Morgan fingerprint density at radius 1 is 1.16 bits per heavy atom. The molecule has 3 nitrogen and oxygen atoms in total. The van der Waals surface area contributed by atoms with Crippen LogP contribution in [0.1, 0.15) is 29.8 Å². The molecule has 1 aromatic carbocycles. The smallest absolute Gasteiger partial charge is 0.124 e. The van der Waals surface area contributed by atoms with Crippen molar-refractivity contribution in [2.45, 2.75) is 26.9 Å². The van der Waals surface area contributed by atoms with Gasteiger partial charge in [-0.05, 0) is 56.2 Å². The molecular weight excluding hydrogens is 238 g/mol. The van der Waals surface area contributed by atoms with Crippen LogP contribution in [0.15, 0.2) is 30.3 Å². The van der Waals surface area contributed by atoms with Crippen molar-refractivity contribution in [3.8, 4) is 17.0 Å². The van der Waals surface area contributed by atoms with E-state index < -0.39 is 6.10 Å². The Kier molecular flexibility index (Phi) is 3.86. The van der Waals surface area contributed by atoms with Crippen LogP contribution in [0.5, 0.6) is 5.75 Å². The first-order valence-electron chi connectivity index (χ1n) is 6.33. The fourth-order valence-corrected chi connectivity index (χ4v) is 2.27. The van der Waals surface area contributed by atoms with Crippen LogP contribution in [0.25, 0.3) is 11.3 Å². The molecule has 0 aliphatic rings. The average molecular weight is 257 g/mol. The second kappa shape index (κ2) is 5.41. The summed E-state index contributed by atoms with van der Waals surface area (Å²) in [5.74, 6) is 0.912. The normalized spacial score (nSPS) is 12.3. The SMILES string of the molecule is COc1c(C)cc(-c2cccc(C(C)O)n2)cc1C. The maximum Gasteiger partial charge on any atom is 0.124 e. The van der Waals surface area contributed by atoms with Gasteiger partial charge in [0.05, 0.1) is 24.6 Å². The van der Waals surface area contributed by atoms with Gasteiger partial charge in [0.15, 0.2) is 0 Å². The molecule has 0 fully saturated rings. The lowest BCUT2D eigenvalue weighted by Crippen LogP contribution is -1.97. The highest BCUT2D eigenvalue weighted by atomic mass is 16.5. The topological polar surface area (TPSA) is 42.4 Å². The standard InChI is InChI=1S/C16H19NO2/c1-10-8-13(9-11(2)16(10)19-4)15-7-5-6-14(17-15)12(3)18/h5-9,12,18H,1-4H3. The number of hydrogen-bond acceptors (Lipinski definition) is 3. The Labute approximate surface area is 113 Å². The van der Waals surface area contributed by atoms with E-state index in [-0.39, 0.29) is 0 Å². The predicted molar refractivity (Wildman–Crippen MR) is 76.3 cm³/mol. The van der Waals surface area contributed by atoms with Crippen molar-refractivity contribution < 1.29 is 9.84 Å². The fraction of sp³-hybridized carbons (Fsp3) is 0.312. The van der Waals surface area contributed by atoms with Crippen molar-refractivity contribution in [3.05, 3.63) is 47.2 Å². The number of nitrogens with zero attached hydrogens (tertiary/aromatic N) is 1. The number of methoxy groups -OCH3 is 1. The van der Waals surface area contributed by atoms with Crippen LogP contribution >= 0.6 is 0 Å². The molecule has 100 valence electrons. The van der Waals surface area contributed by atoms with Crippen LogP contribution in [0.4, 0.5) is 0 Å². The number of benzene rings is 1. The molecule has 2 rings (SSSR count). The van der Waals surface area contributed by atoms with E-state index in [9.17, 15) is 5.11 Å². The van der Waals surface area contributed by atoms with E-state index in [1.54, 1.807) is 14.0 Å². The first-order valence-corrected chi connectivity index (χ1v) is 6.33. The molecule has 0 aliphatic heterocycles. The van der Waals surface area contributed by atoms with Gasteiger partial charge < -0.3 is 9.84 Å². The molecule has 2 aromatic rings. The third kappa shape index (κ3) is 2.76. The van der Waals surface area contributed by atoms with Crippen LogP contribution in [0, 0.1) is 13.8 Å². The summed E-state index contributed by atoms with van der Waals surface area (Å²) in [5.41, 5.74) is 4.76. The highest BCUT2D eigenvalue weighted by molar-refractivity contribution is 5.64. The number of ether oxygens (including phenoxy) is 1. The lowest BCUT2D eigenvalue weighted by atomic mass is 10.0. The second-order valence-corrected chi connectivity index (χ2v) is 4.77. The highest BCUT2D eigenvalue weighted by Gasteiger charge is 2.09. The van der Waals surface area contributed by atoms with Gasteiger partial charge in [0.2, 0.25) is 0 Å². The van der Waals surface area contributed by atoms with E-state index >= 15 is 0 Å². The zero-order valence-electron chi connectivity index (χ0n) is 11.8. The van der Waals surface area contributed by atoms with Gasteiger partial charge in [-0.2, -0.15) is 0 Å². The van der Waals surface area contributed by atoms with Gasteiger partial charge in [0, 0.05) is 5.56 Å². The zero-order chi connectivity index (χ0) is 14.0. The monoisotopic (exact) mass is 257 g/mol. The molecule has 0 aliphatic carbocycles. The lowest BCUT2D eigenvalue weighted by molar-refractivity contribution is 0.194. The second-order valence-electron chi connectivity index (χ2n) is 4.77. The number of aryl methyl sites for hydroxylation is 2. The highest BCUT2D eigenvalue weighted by Crippen LogP contribution is 2.29. The Balaban J connectivity index is 2.50. The molecule has 0 bridgehead atoms. The Morgan fingerprint density at radius 2 is 1.79 bits per heavy atom. The van der Waals surface area contributed by atoms with Crippen LogP contribution in [0.2, 0.25) is 0 Å². The first kappa shape index (κ1) is 13.6. The molecule has 0 spiro atoms. The van der Waals surface area contributed by atoms with Crippen molar-refractivity contribution in [2.24, 2.45) is 0 Å². The van der Waals surface area contributed by atoms with Crippen LogP contribution in [-0.4, -0.2) is 17.2 Å². The van der Waals surface area contributed by atoms with Gasteiger partial charge in [0.25, 0.3) is 0 Å². The summed E-state index contributed by atoms with van der Waals surface area (Å²) >= 11 is 0. The summed E-state index contributed by atoms with van der Waals surface area (Å²) in [7, 11) is 1.68. The van der Waals surface area contributed by atoms with Gasteiger partial charge in [-0.25, -0.2) is 0 Å². The van der Waals surface area contributed by atoms with Crippen molar-refractivity contribution >= 4 is 0 Å². The molecule has 0 amide bonds. The van der Waals surface area contributed by atoms with Gasteiger partial charge in [-0.1, -0.05) is 6.07 Å². The van der Waals surface area contributed by atoms with E-state index in [1.807, 2.05) is 32.0 Å². The molecular formula is C16H19NO2. The van der Waals surface area contributed by atoms with Gasteiger partial charge in [-0.15, -0.1) is 0 Å². The molecule has 3 heteroatoms. The Hall–Kier alpha value is -1.87. The van der Waals surface area contributed by atoms with Crippen LogP contribution < -0.4 is 4.74 Å². The van der Waals surface area contributed by atoms with Crippen LogP contribution in [0.3, 0.4) is 0 Å². The molecule has 1 heterocycles. The zero-order valence-corrected chi connectivity index (χ0v) is 11.8. The molecule has 0 saturated carbocycles. The number of pyridine rings is 1. The van der Waals surface area contributed by atoms with Gasteiger partial charge in [0.1, 0.15) is 5.75 Å². The molecule has 0 radical (unpaired) electrons. The molecule has 1 unspecified atom stereocenters. The summed E-state index contributed by atoms with van der Waals surface area (Å²) in [4.78, 5) is 4.49. The number of aromatic nitrogens is 1. The number of rotatable bonds is 3. The summed E-state index contributed by atoms with van der Waals surface area (Å²) in [6.07, 6.45) is -0.555. The summed E-state index contributed by atoms with van der Waals surface area (Å²) in [6.45, 7) is 5.76. The first-order chi connectivity index (χ1) is 9.02. The van der Waals surface area contributed by atoms with Gasteiger partial charge >= 0.3 is 0 Å². The minimum Gasteiger partial charge on any atom is -0.496 e. The fourth-order valence-electron chi connectivity index (χ4n) is 2.27. The predicted octanol–water partition coefficient (Wildman–Crippen LogP) is 3.43. The third-order valence-electron chi connectivity index (χ3n) is 3.16. The van der Waals surface area contributed by atoms with E-state index in [0.29, 0.717) is 5.69 Å². The molecule has 0 saturated heterocycles. The largest absolute Gasteiger partial charge is 0.496 e. The van der Waals surface area contributed by atoms with Crippen molar-refractivity contribution in [2.75, 3.05) is 7.11 Å². The van der Waals surface area contributed by atoms with E-state index in [1.165, 1.54) is 0 Å². The van der Waals surface area contributed by atoms with Gasteiger partial charge in [-0.3, -0.25) is 4.98 Å². The van der Waals surface area contributed by atoms with E-state index in [0.717, 1.165) is 28.1 Å². The third-order valence-corrected chi connectivity index (χ3v) is 3.16. The molecule has 1 N–H and O–H groups in total. The maximum absolute atomic E-state index is 9.60. The Morgan fingerprint density at radius 3 is 2.32 bits per heavy atom. The minimum absolute atomic E-state index is 0.555. The average Bonchev–Trinajstić information content (AvgIpc) is 2.38. The van der Waals surface area contributed by atoms with Crippen molar-refractivity contribution in [3.63, 3.8) is 0 Å². The van der Waals surface area contributed by atoms with E-state index in [4.69, 9.17) is 4.74 Å². The Bertz CT molecular complexity index is 568.